The normalized spacial score (nSPS) is 8.90. The maximum absolute atomic E-state index is 9.67. The fraction of sp³-hybridized carbons (Fsp3) is 0. The van der Waals surface area contributed by atoms with E-state index in [-0.39, 0.29) is 0 Å². The lowest BCUT2D eigenvalue weighted by atomic mass is 10.5. The summed E-state index contributed by atoms with van der Waals surface area (Å²) in [4.78, 5) is 13.3. The molecule has 0 aliphatic rings. The van der Waals surface area contributed by atoms with Crippen molar-refractivity contribution in [3.05, 3.63) is 23.5 Å². The van der Waals surface area contributed by atoms with Crippen LogP contribution in [-0.2, 0) is 4.79 Å². The third-order valence-electron chi connectivity index (χ3n) is 0.839. The van der Waals surface area contributed by atoms with E-state index in [9.17, 15) is 4.79 Å². The van der Waals surface area contributed by atoms with Crippen LogP contribution in [0, 0.1) is 0 Å². The molecule has 3 nitrogen and oxygen atoms in total. The largest absolute Gasteiger partial charge is 0.423 e. The first-order valence-corrected chi connectivity index (χ1v) is 2.85. The highest BCUT2D eigenvalue weighted by Crippen LogP contribution is 2.13. The van der Waals surface area contributed by atoms with Crippen molar-refractivity contribution in [1.82, 2.24) is 4.98 Å². The highest BCUT2D eigenvalue weighted by atomic mass is 35.5. The van der Waals surface area contributed by atoms with E-state index < -0.39 is 0 Å². The van der Waals surface area contributed by atoms with Crippen molar-refractivity contribution in [3.8, 4) is 5.75 Å². The Hall–Kier alpha value is -1.09. The summed E-state index contributed by atoms with van der Waals surface area (Å²) in [6.07, 6.45) is 2.82. The maximum Gasteiger partial charge on any atom is 0.423 e. The molecular weight excluding hydrogens is 154 g/mol. The molecule has 4 heteroatoms. The highest BCUT2D eigenvalue weighted by Gasteiger charge is 1.93. The van der Waals surface area contributed by atoms with E-state index in [1.54, 1.807) is 0 Å². The van der Waals surface area contributed by atoms with E-state index in [2.05, 4.69) is 9.72 Å². The summed E-state index contributed by atoms with van der Waals surface area (Å²) >= 11 is 5.51. The molecule has 1 aromatic heterocycles. The van der Waals surface area contributed by atoms with Crippen LogP contribution in [0.5, 0.6) is 5.75 Å². The molecule has 0 aliphatic carbocycles. The summed E-state index contributed by atoms with van der Waals surface area (Å²) in [6, 6.07) is 1.47. The second-order valence-corrected chi connectivity index (χ2v) is 1.96. The van der Waals surface area contributed by atoms with Crippen molar-refractivity contribution in [2.24, 2.45) is 0 Å². The highest BCUT2D eigenvalue weighted by molar-refractivity contribution is 6.30. The molecule has 0 saturated heterocycles. The van der Waals surface area contributed by atoms with Crippen molar-refractivity contribution >= 4 is 18.1 Å². The molecule has 0 unspecified atom stereocenters. The van der Waals surface area contributed by atoms with Gasteiger partial charge in [-0.1, -0.05) is 11.6 Å². The van der Waals surface area contributed by atoms with Gasteiger partial charge in [-0.2, -0.15) is 0 Å². The number of nitrogens with zero attached hydrogens (tertiary/aromatic N) is 1. The van der Waals surface area contributed by atoms with Crippen LogP contribution >= 0.6 is 11.6 Å². The van der Waals surface area contributed by atoms with Gasteiger partial charge >= 0.3 is 6.47 Å². The fourth-order valence-corrected chi connectivity index (χ4v) is 0.660. The van der Waals surface area contributed by atoms with Crippen molar-refractivity contribution in [2.45, 2.75) is 0 Å². The van der Waals surface area contributed by atoms with E-state index in [4.69, 9.17) is 11.6 Å². The molecule has 1 rings (SSSR count). The summed E-state index contributed by atoms with van der Waals surface area (Å²) < 4.78 is 4.33. The molecule has 10 heavy (non-hydrogen) atoms. The Kier molecular flexibility index (Phi) is 2.23. The zero-order chi connectivity index (χ0) is 7.40. The molecule has 0 fully saturated rings. The van der Waals surface area contributed by atoms with Crippen LogP contribution in [0.2, 0.25) is 5.02 Å². The molecule has 0 spiro atoms. The molecule has 0 aromatic carbocycles. The van der Waals surface area contributed by atoms with Gasteiger partial charge < -0.3 is 4.74 Å². The van der Waals surface area contributed by atoms with Gasteiger partial charge in [-0.05, 0) is 0 Å². The Balaban J connectivity index is 2.84. The van der Waals surface area contributed by atoms with Gasteiger partial charge in [-0.3, -0.25) is 4.98 Å². The van der Waals surface area contributed by atoms with Crippen LogP contribution in [0.1, 0.15) is 0 Å². The minimum Gasteiger partial charge on any atom is -0.416 e. The van der Waals surface area contributed by atoms with Gasteiger partial charge in [0.1, 0.15) is 0 Å². The second-order valence-electron chi connectivity index (χ2n) is 1.52. The average Bonchev–Trinajstić information content (AvgIpc) is 1.88. The predicted octanol–water partition coefficient (Wildman–Crippen LogP) is 1.18. The number of pyridine rings is 1. The summed E-state index contributed by atoms with van der Waals surface area (Å²) in [6.45, 7) is 1.26. The molecule has 0 saturated carbocycles. The zero-order valence-electron chi connectivity index (χ0n) is 4.87. The molecule has 51 valence electrons. The van der Waals surface area contributed by atoms with Crippen LogP contribution in [0.3, 0.4) is 0 Å². The lowest BCUT2D eigenvalue weighted by molar-refractivity contribution is 0.441. The number of aromatic nitrogens is 1. The van der Waals surface area contributed by atoms with Gasteiger partial charge in [-0.15, -0.1) is 0 Å². The van der Waals surface area contributed by atoms with E-state index in [1.165, 1.54) is 24.9 Å². The Bertz CT molecular complexity index is 239. The number of hydrogen-bond acceptors (Lipinski definition) is 3. The summed E-state index contributed by atoms with van der Waals surface area (Å²) in [7, 11) is 0. The Morgan fingerprint density at radius 1 is 1.60 bits per heavy atom. The minimum atomic E-state index is 0.294. The number of halogens is 1. The number of rotatable bonds is 2. The van der Waals surface area contributed by atoms with Gasteiger partial charge in [-0.25, -0.2) is 4.79 Å². The average molecular weight is 157 g/mol. The van der Waals surface area contributed by atoms with E-state index in [0.717, 1.165) is 0 Å². The first-order valence-electron chi connectivity index (χ1n) is 2.47. The SMILES string of the molecule is O=[C]Oc1cncc(Cl)c1. The van der Waals surface area contributed by atoms with Gasteiger partial charge in [0.05, 0.1) is 11.2 Å². The number of ether oxygens (including phenoxy) is 1. The number of hydrogen-bond donors (Lipinski definition) is 0. The second kappa shape index (κ2) is 3.17. The van der Waals surface area contributed by atoms with Gasteiger partial charge in [0.2, 0.25) is 0 Å². The lowest BCUT2D eigenvalue weighted by Gasteiger charge is -1.93. The lowest BCUT2D eigenvalue weighted by Crippen LogP contribution is -1.88. The van der Waals surface area contributed by atoms with E-state index in [1.807, 2.05) is 0 Å². The third-order valence-corrected chi connectivity index (χ3v) is 1.05. The molecule has 1 heterocycles. The molecule has 1 aromatic rings. The van der Waals surface area contributed by atoms with Crippen LogP contribution in [0.4, 0.5) is 0 Å². The minimum absolute atomic E-state index is 0.294. The van der Waals surface area contributed by atoms with E-state index >= 15 is 0 Å². The first-order chi connectivity index (χ1) is 4.83. The standard InChI is InChI=1S/C6H3ClNO2/c7-5-1-6(10-4-9)3-8-2-5/h1-3H. The Morgan fingerprint density at radius 2 is 2.40 bits per heavy atom. The van der Waals surface area contributed by atoms with E-state index in [0.29, 0.717) is 10.8 Å². The fourth-order valence-electron chi connectivity index (χ4n) is 0.496. The molecule has 0 aliphatic heterocycles. The first kappa shape index (κ1) is 7.02. The van der Waals surface area contributed by atoms with Gasteiger partial charge in [0.15, 0.2) is 5.75 Å². The van der Waals surface area contributed by atoms with Crippen LogP contribution in [0.25, 0.3) is 0 Å². The predicted molar refractivity (Wildman–Crippen MR) is 35.6 cm³/mol. The van der Waals surface area contributed by atoms with Crippen molar-refractivity contribution in [1.29, 1.82) is 0 Å². The smallest absolute Gasteiger partial charge is 0.416 e. The molecule has 0 N–H and O–H groups in total. The number of carbonyl (C=O) groups excluding carboxylic acids is 1. The van der Waals surface area contributed by atoms with Crippen molar-refractivity contribution in [3.63, 3.8) is 0 Å². The molecule has 0 amide bonds. The maximum atomic E-state index is 9.67. The summed E-state index contributed by atoms with van der Waals surface area (Å²) in [5.41, 5.74) is 0. The molecular formula is C6H3ClNO2. The van der Waals surface area contributed by atoms with Crippen LogP contribution in [0.15, 0.2) is 18.5 Å². The molecule has 0 bridgehead atoms. The molecule has 0 atom stereocenters. The topological polar surface area (TPSA) is 39.2 Å². The quantitative estimate of drug-likeness (QED) is 0.646. The summed E-state index contributed by atoms with van der Waals surface area (Å²) in [5.74, 6) is 0.294. The summed E-state index contributed by atoms with van der Waals surface area (Å²) in [5, 5.41) is 0.424. The Morgan fingerprint density at radius 3 is 3.00 bits per heavy atom. The van der Waals surface area contributed by atoms with Crippen LogP contribution in [-0.4, -0.2) is 11.5 Å². The van der Waals surface area contributed by atoms with Crippen molar-refractivity contribution < 1.29 is 9.53 Å². The zero-order valence-corrected chi connectivity index (χ0v) is 5.63. The van der Waals surface area contributed by atoms with Gasteiger partial charge in [0, 0.05) is 12.3 Å². The van der Waals surface area contributed by atoms with Crippen LogP contribution < -0.4 is 4.74 Å². The third kappa shape index (κ3) is 1.70. The van der Waals surface area contributed by atoms with Crippen molar-refractivity contribution in [2.75, 3.05) is 0 Å². The monoisotopic (exact) mass is 156 g/mol. The Labute approximate surface area is 62.6 Å². The molecule has 1 radical (unpaired) electrons. The van der Waals surface area contributed by atoms with Gasteiger partial charge in [0.25, 0.3) is 0 Å².